The van der Waals surface area contributed by atoms with Gasteiger partial charge in [0.05, 0.1) is 0 Å². The largest absolute Gasteiger partial charge is 0.307 e. The molecule has 1 aromatic rings. The lowest BCUT2D eigenvalue weighted by Crippen LogP contribution is -2.35. The third-order valence-electron chi connectivity index (χ3n) is 4.42. The SMILES string of the molecule is C[C@@H](NC1CCCC2CC21)c1ccccc1Cl. The van der Waals surface area contributed by atoms with Gasteiger partial charge in [-0.15, -0.1) is 0 Å². The minimum Gasteiger partial charge on any atom is -0.307 e. The zero-order valence-corrected chi connectivity index (χ0v) is 11.1. The van der Waals surface area contributed by atoms with Crippen molar-refractivity contribution in [2.24, 2.45) is 11.8 Å². The van der Waals surface area contributed by atoms with Gasteiger partial charge in [0, 0.05) is 17.1 Å². The van der Waals surface area contributed by atoms with Gasteiger partial charge in [-0.25, -0.2) is 0 Å². The third kappa shape index (κ3) is 2.36. The van der Waals surface area contributed by atoms with Crippen molar-refractivity contribution >= 4 is 11.6 Å². The summed E-state index contributed by atoms with van der Waals surface area (Å²) in [5.41, 5.74) is 1.23. The maximum Gasteiger partial charge on any atom is 0.0453 e. The van der Waals surface area contributed by atoms with Crippen molar-refractivity contribution in [1.29, 1.82) is 0 Å². The van der Waals surface area contributed by atoms with Crippen molar-refractivity contribution in [2.75, 3.05) is 0 Å². The fourth-order valence-electron chi connectivity index (χ4n) is 3.35. The Morgan fingerprint density at radius 2 is 2.12 bits per heavy atom. The number of rotatable bonds is 3. The van der Waals surface area contributed by atoms with Crippen molar-refractivity contribution in [2.45, 2.75) is 44.7 Å². The van der Waals surface area contributed by atoms with Gasteiger partial charge in [0.15, 0.2) is 0 Å². The number of fused-ring (bicyclic) bond motifs is 1. The van der Waals surface area contributed by atoms with E-state index < -0.39 is 0 Å². The van der Waals surface area contributed by atoms with Crippen molar-refractivity contribution in [3.05, 3.63) is 34.9 Å². The Hall–Kier alpha value is -0.530. The highest BCUT2D eigenvalue weighted by molar-refractivity contribution is 6.31. The Morgan fingerprint density at radius 1 is 1.29 bits per heavy atom. The monoisotopic (exact) mass is 249 g/mol. The minimum atomic E-state index is 0.369. The fraction of sp³-hybridized carbons (Fsp3) is 0.600. The summed E-state index contributed by atoms with van der Waals surface area (Å²) in [6.07, 6.45) is 5.65. The summed E-state index contributed by atoms with van der Waals surface area (Å²) < 4.78 is 0. The van der Waals surface area contributed by atoms with Gasteiger partial charge in [0.25, 0.3) is 0 Å². The summed E-state index contributed by atoms with van der Waals surface area (Å²) >= 11 is 6.24. The van der Waals surface area contributed by atoms with Gasteiger partial charge in [0.1, 0.15) is 0 Å². The normalized spacial score (nSPS) is 32.9. The van der Waals surface area contributed by atoms with Crippen LogP contribution in [-0.4, -0.2) is 6.04 Å². The summed E-state index contributed by atoms with van der Waals surface area (Å²) in [5.74, 6) is 1.98. The summed E-state index contributed by atoms with van der Waals surface area (Å²) in [5, 5.41) is 4.67. The topological polar surface area (TPSA) is 12.0 Å². The van der Waals surface area contributed by atoms with E-state index in [4.69, 9.17) is 11.6 Å². The van der Waals surface area contributed by atoms with E-state index in [1.54, 1.807) is 0 Å². The molecule has 2 fully saturated rings. The highest BCUT2D eigenvalue weighted by atomic mass is 35.5. The van der Waals surface area contributed by atoms with Gasteiger partial charge in [0.2, 0.25) is 0 Å². The van der Waals surface area contributed by atoms with E-state index in [9.17, 15) is 0 Å². The molecular weight excluding hydrogens is 230 g/mol. The molecule has 0 aromatic heterocycles. The second-order valence-corrected chi connectivity index (χ2v) is 6.01. The lowest BCUT2D eigenvalue weighted by atomic mass is 9.94. The molecule has 0 amide bonds. The number of hydrogen-bond donors (Lipinski definition) is 1. The number of benzene rings is 1. The zero-order chi connectivity index (χ0) is 11.8. The van der Waals surface area contributed by atoms with Crippen LogP contribution in [0.1, 0.15) is 44.2 Å². The van der Waals surface area contributed by atoms with E-state index in [1.807, 2.05) is 12.1 Å². The average Bonchev–Trinajstić information content (AvgIpc) is 3.09. The number of hydrogen-bond acceptors (Lipinski definition) is 1. The molecule has 0 radical (unpaired) electrons. The van der Waals surface area contributed by atoms with Crippen LogP contribution in [0, 0.1) is 11.8 Å². The molecule has 2 aliphatic carbocycles. The molecule has 3 rings (SSSR count). The summed E-state index contributed by atoms with van der Waals surface area (Å²) in [6.45, 7) is 2.23. The molecule has 0 aliphatic heterocycles. The summed E-state index contributed by atoms with van der Waals surface area (Å²) in [6, 6.07) is 9.27. The highest BCUT2D eigenvalue weighted by Gasteiger charge is 2.45. The zero-order valence-electron chi connectivity index (χ0n) is 10.3. The second kappa shape index (κ2) is 4.62. The van der Waals surface area contributed by atoms with E-state index in [1.165, 1.54) is 31.2 Å². The van der Waals surface area contributed by atoms with Crippen LogP contribution in [0.3, 0.4) is 0 Å². The van der Waals surface area contributed by atoms with Crippen molar-refractivity contribution in [3.8, 4) is 0 Å². The molecule has 17 heavy (non-hydrogen) atoms. The van der Waals surface area contributed by atoms with Gasteiger partial charge >= 0.3 is 0 Å². The van der Waals surface area contributed by atoms with E-state index >= 15 is 0 Å². The number of nitrogens with one attached hydrogen (secondary N) is 1. The van der Waals surface area contributed by atoms with Crippen LogP contribution in [0.2, 0.25) is 5.02 Å². The first kappa shape index (κ1) is 11.6. The smallest absolute Gasteiger partial charge is 0.0453 e. The van der Waals surface area contributed by atoms with E-state index in [-0.39, 0.29) is 0 Å². The first-order chi connectivity index (χ1) is 8.25. The predicted octanol–water partition coefficient (Wildman–Crippen LogP) is 4.18. The average molecular weight is 250 g/mol. The lowest BCUT2D eigenvalue weighted by molar-refractivity contribution is 0.329. The first-order valence-electron chi connectivity index (χ1n) is 6.76. The number of halogens is 1. The van der Waals surface area contributed by atoms with Crippen molar-refractivity contribution in [1.82, 2.24) is 5.32 Å². The molecule has 0 heterocycles. The third-order valence-corrected chi connectivity index (χ3v) is 4.76. The van der Waals surface area contributed by atoms with Crippen molar-refractivity contribution in [3.63, 3.8) is 0 Å². The molecule has 2 heteroatoms. The second-order valence-electron chi connectivity index (χ2n) is 5.61. The van der Waals surface area contributed by atoms with E-state index in [0.29, 0.717) is 6.04 Å². The van der Waals surface area contributed by atoms with Crippen LogP contribution in [-0.2, 0) is 0 Å². The molecule has 2 aliphatic rings. The Bertz CT molecular complexity index is 404. The first-order valence-corrected chi connectivity index (χ1v) is 7.14. The van der Waals surface area contributed by atoms with Crippen LogP contribution < -0.4 is 5.32 Å². The molecule has 1 N–H and O–H groups in total. The van der Waals surface area contributed by atoms with Gasteiger partial charge in [-0.2, -0.15) is 0 Å². The Morgan fingerprint density at radius 3 is 2.94 bits per heavy atom. The van der Waals surface area contributed by atoms with E-state index in [0.717, 1.165) is 22.9 Å². The van der Waals surface area contributed by atoms with Crippen LogP contribution in [0.25, 0.3) is 0 Å². The molecule has 4 atom stereocenters. The molecule has 2 saturated carbocycles. The molecule has 0 saturated heterocycles. The van der Waals surface area contributed by atoms with E-state index in [2.05, 4.69) is 24.4 Å². The standard InChI is InChI=1S/C15H20ClN/c1-10(12-6-2-3-7-14(12)16)17-15-8-4-5-11-9-13(11)15/h2-3,6-7,10-11,13,15,17H,4-5,8-9H2,1H3/t10-,11?,13?,15?/m1/s1. The van der Waals surface area contributed by atoms with Crippen molar-refractivity contribution < 1.29 is 0 Å². The summed E-state index contributed by atoms with van der Waals surface area (Å²) in [7, 11) is 0. The lowest BCUT2D eigenvalue weighted by Gasteiger charge is -2.27. The molecule has 3 unspecified atom stereocenters. The maximum atomic E-state index is 6.24. The van der Waals surface area contributed by atoms with Gasteiger partial charge in [-0.3, -0.25) is 0 Å². The molecule has 0 spiro atoms. The Balaban J connectivity index is 1.67. The molecule has 0 bridgehead atoms. The van der Waals surface area contributed by atoms with Crippen LogP contribution in [0.4, 0.5) is 0 Å². The van der Waals surface area contributed by atoms with Gasteiger partial charge in [-0.1, -0.05) is 42.6 Å². The van der Waals surface area contributed by atoms with Gasteiger partial charge < -0.3 is 5.32 Å². The predicted molar refractivity (Wildman–Crippen MR) is 72.2 cm³/mol. The molecule has 1 nitrogen and oxygen atoms in total. The quantitative estimate of drug-likeness (QED) is 0.848. The molecular formula is C15H20ClN. The molecule has 1 aromatic carbocycles. The molecule has 92 valence electrons. The Labute approximate surface area is 109 Å². The summed E-state index contributed by atoms with van der Waals surface area (Å²) in [4.78, 5) is 0. The van der Waals surface area contributed by atoms with Crippen LogP contribution in [0.5, 0.6) is 0 Å². The highest BCUT2D eigenvalue weighted by Crippen LogP contribution is 2.50. The van der Waals surface area contributed by atoms with Gasteiger partial charge in [-0.05, 0) is 43.2 Å². The van der Waals surface area contributed by atoms with Crippen LogP contribution >= 0.6 is 11.6 Å². The minimum absolute atomic E-state index is 0.369. The van der Waals surface area contributed by atoms with Crippen LogP contribution in [0.15, 0.2) is 24.3 Å². The fourth-order valence-corrected chi connectivity index (χ4v) is 3.65. The Kier molecular flexibility index (Phi) is 3.14. The maximum absolute atomic E-state index is 6.24.